The second-order valence-corrected chi connectivity index (χ2v) is 9.02. The second-order valence-electron chi connectivity index (χ2n) is 5.80. The predicted octanol–water partition coefficient (Wildman–Crippen LogP) is 4.59. The largest absolute Gasteiger partial charge is 0.394 e. The molecule has 0 aromatic carbocycles. The molecule has 0 aromatic rings. The molecule has 0 saturated heterocycles. The second kappa shape index (κ2) is 9.12. The normalized spacial score (nSPS) is 12.7. The van der Waals surface area contributed by atoms with Crippen LogP contribution in [0.25, 0.3) is 0 Å². The molecule has 0 aliphatic rings. The summed E-state index contributed by atoms with van der Waals surface area (Å²) >= 11 is 0. The molecule has 0 rings (SSSR count). The van der Waals surface area contributed by atoms with Gasteiger partial charge in [0.05, 0.1) is 0 Å². The molecule has 0 amide bonds. The van der Waals surface area contributed by atoms with Crippen LogP contribution in [0.2, 0.25) is 12.1 Å². The molecule has 2 nitrogen and oxygen atoms in total. The minimum absolute atomic E-state index is 0.661. The van der Waals surface area contributed by atoms with Gasteiger partial charge in [-0.3, -0.25) is 0 Å². The van der Waals surface area contributed by atoms with Crippen molar-refractivity contribution in [3.05, 3.63) is 0 Å². The fourth-order valence-corrected chi connectivity index (χ4v) is 6.54. The third-order valence-electron chi connectivity index (χ3n) is 2.58. The quantitative estimate of drug-likeness (QED) is 0.535. The van der Waals surface area contributed by atoms with E-state index in [2.05, 4.69) is 41.5 Å². The molecule has 0 radical (unpaired) electrons. The van der Waals surface area contributed by atoms with Gasteiger partial charge in [0, 0.05) is 13.2 Å². The molecule has 0 saturated carbocycles. The van der Waals surface area contributed by atoms with Crippen molar-refractivity contribution in [1.82, 2.24) is 0 Å². The standard InChI is InChI=1S/C14H32O2Si/c1-7-9-15-17(11-13(3)4,12-14(5)6)16-10-8-2/h13-14H,7-12H2,1-6H3. The Kier molecular flexibility index (Phi) is 9.19. The SMILES string of the molecule is CCCO[Si](CC(C)C)(CC(C)C)OCCC. The van der Waals surface area contributed by atoms with Crippen LogP contribution in [0.3, 0.4) is 0 Å². The van der Waals surface area contributed by atoms with Crippen LogP contribution < -0.4 is 0 Å². The molecule has 0 N–H and O–H groups in total. The van der Waals surface area contributed by atoms with E-state index < -0.39 is 8.56 Å². The van der Waals surface area contributed by atoms with Crippen LogP contribution in [0.4, 0.5) is 0 Å². The Morgan fingerprint density at radius 2 is 1.12 bits per heavy atom. The average Bonchev–Trinajstić information content (AvgIpc) is 2.22. The number of hydrogen-bond acceptors (Lipinski definition) is 2. The molecular weight excluding hydrogens is 228 g/mol. The maximum atomic E-state index is 6.22. The smallest absolute Gasteiger partial charge is 0.338 e. The molecule has 0 aliphatic heterocycles. The summed E-state index contributed by atoms with van der Waals surface area (Å²) in [7, 11) is -1.96. The lowest BCUT2D eigenvalue weighted by atomic mass is 10.3. The fourth-order valence-electron chi connectivity index (χ4n) is 2.18. The van der Waals surface area contributed by atoms with Crippen molar-refractivity contribution in [2.75, 3.05) is 13.2 Å². The van der Waals surface area contributed by atoms with E-state index in [1.807, 2.05) is 0 Å². The summed E-state index contributed by atoms with van der Waals surface area (Å²) in [5.74, 6) is 1.32. The molecule has 0 aromatic heterocycles. The van der Waals surface area contributed by atoms with Crippen molar-refractivity contribution in [3.63, 3.8) is 0 Å². The molecule has 0 spiro atoms. The highest BCUT2D eigenvalue weighted by molar-refractivity contribution is 6.67. The molecule has 0 fully saturated rings. The molecule has 0 unspecified atom stereocenters. The van der Waals surface area contributed by atoms with Gasteiger partial charge in [-0.25, -0.2) is 0 Å². The van der Waals surface area contributed by atoms with Crippen molar-refractivity contribution in [1.29, 1.82) is 0 Å². The highest BCUT2D eigenvalue weighted by atomic mass is 28.4. The molecule has 0 atom stereocenters. The highest BCUT2D eigenvalue weighted by Crippen LogP contribution is 2.28. The summed E-state index contributed by atoms with van der Waals surface area (Å²) in [6.45, 7) is 15.1. The first-order chi connectivity index (χ1) is 7.95. The summed E-state index contributed by atoms with van der Waals surface area (Å²) in [5, 5.41) is 0. The molecular formula is C14H32O2Si. The van der Waals surface area contributed by atoms with Gasteiger partial charge in [-0.05, 0) is 36.8 Å². The van der Waals surface area contributed by atoms with Crippen molar-refractivity contribution in [3.8, 4) is 0 Å². The molecule has 3 heteroatoms. The Bertz CT molecular complexity index is 161. The number of rotatable bonds is 10. The van der Waals surface area contributed by atoms with Crippen molar-refractivity contribution in [2.24, 2.45) is 11.8 Å². The topological polar surface area (TPSA) is 18.5 Å². The van der Waals surface area contributed by atoms with Gasteiger partial charge in [0.2, 0.25) is 0 Å². The Hall–Kier alpha value is 0.137. The van der Waals surface area contributed by atoms with Gasteiger partial charge in [0.1, 0.15) is 0 Å². The minimum atomic E-state index is -1.96. The maximum absolute atomic E-state index is 6.22. The zero-order valence-electron chi connectivity index (χ0n) is 12.7. The summed E-state index contributed by atoms with van der Waals surface area (Å²) in [4.78, 5) is 0. The van der Waals surface area contributed by atoms with Gasteiger partial charge in [0.15, 0.2) is 0 Å². The third kappa shape index (κ3) is 7.95. The van der Waals surface area contributed by atoms with Gasteiger partial charge in [0.25, 0.3) is 0 Å². The molecule has 104 valence electrons. The van der Waals surface area contributed by atoms with E-state index in [9.17, 15) is 0 Å². The van der Waals surface area contributed by atoms with E-state index in [1.54, 1.807) is 0 Å². The van der Waals surface area contributed by atoms with E-state index in [0.717, 1.165) is 38.1 Å². The minimum Gasteiger partial charge on any atom is -0.394 e. The van der Waals surface area contributed by atoms with Gasteiger partial charge in [-0.15, -0.1) is 0 Å². The first-order valence-electron chi connectivity index (χ1n) is 7.23. The first-order valence-corrected chi connectivity index (χ1v) is 9.46. The Balaban J connectivity index is 4.63. The maximum Gasteiger partial charge on any atom is 0.338 e. The number of hydrogen-bond donors (Lipinski definition) is 0. The van der Waals surface area contributed by atoms with Crippen LogP contribution in [-0.4, -0.2) is 21.8 Å². The van der Waals surface area contributed by atoms with Gasteiger partial charge in [-0.1, -0.05) is 41.5 Å². The van der Waals surface area contributed by atoms with Crippen LogP contribution >= 0.6 is 0 Å². The molecule has 0 aliphatic carbocycles. The van der Waals surface area contributed by atoms with E-state index >= 15 is 0 Å². The van der Waals surface area contributed by atoms with E-state index in [4.69, 9.17) is 8.85 Å². The van der Waals surface area contributed by atoms with Crippen LogP contribution in [0.1, 0.15) is 54.4 Å². The Morgan fingerprint density at radius 1 is 0.765 bits per heavy atom. The van der Waals surface area contributed by atoms with Crippen LogP contribution in [0, 0.1) is 11.8 Å². The lowest BCUT2D eigenvalue weighted by molar-refractivity contribution is 0.160. The average molecular weight is 260 g/mol. The molecule has 17 heavy (non-hydrogen) atoms. The van der Waals surface area contributed by atoms with Crippen molar-refractivity contribution in [2.45, 2.75) is 66.5 Å². The van der Waals surface area contributed by atoms with Crippen molar-refractivity contribution < 1.29 is 8.85 Å². The van der Waals surface area contributed by atoms with Crippen LogP contribution in [-0.2, 0) is 8.85 Å². The summed E-state index contributed by atoms with van der Waals surface area (Å²) in [6, 6.07) is 2.26. The summed E-state index contributed by atoms with van der Waals surface area (Å²) < 4.78 is 12.4. The lowest BCUT2D eigenvalue weighted by Crippen LogP contribution is -2.45. The Morgan fingerprint density at radius 3 is 1.35 bits per heavy atom. The van der Waals surface area contributed by atoms with Gasteiger partial charge >= 0.3 is 8.56 Å². The van der Waals surface area contributed by atoms with Gasteiger partial charge < -0.3 is 8.85 Å². The van der Waals surface area contributed by atoms with E-state index in [-0.39, 0.29) is 0 Å². The van der Waals surface area contributed by atoms with Gasteiger partial charge in [-0.2, -0.15) is 0 Å². The van der Waals surface area contributed by atoms with Crippen LogP contribution in [0.15, 0.2) is 0 Å². The Labute approximate surface area is 109 Å². The lowest BCUT2D eigenvalue weighted by Gasteiger charge is -2.33. The third-order valence-corrected chi connectivity index (χ3v) is 6.91. The summed E-state index contributed by atoms with van der Waals surface area (Å²) in [5.41, 5.74) is 0. The van der Waals surface area contributed by atoms with E-state index in [1.165, 1.54) is 0 Å². The van der Waals surface area contributed by atoms with E-state index in [0.29, 0.717) is 11.8 Å². The highest BCUT2D eigenvalue weighted by Gasteiger charge is 2.38. The summed E-state index contributed by atoms with van der Waals surface area (Å²) in [6.07, 6.45) is 2.17. The van der Waals surface area contributed by atoms with Crippen LogP contribution in [0.5, 0.6) is 0 Å². The molecule has 0 bridgehead atoms. The monoisotopic (exact) mass is 260 g/mol. The zero-order valence-corrected chi connectivity index (χ0v) is 13.7. The fraction of sp³-hybridized carbons (Fsp3) is 1.00. The van der Waals surface area contributed by atoms with Crippen molar-refractivity contribution >= 4 is 8.56 Å². The zero-order chi connectivity index (χ0) is 13.3. The first kappa shape index (κ1) is 17.1. The molecule has 0 heterocycles. The predicted molar refractivity (Wildman–Crippen MR) is 77.5 cm³/mol.